The standard InChI is InChI=1S/C13H26N2S/c1-3-4-8-11-15(12(14)16)13(2)9-6-5-7-10-13/h3-11H2,1-2H3,(H2,14,16). The molecule has 0 amide bonds. The number of thiocarbonyl (C=S) groups is 1. The van der Waals surface area contributed by atoms with Crippen LogP contribution in [0.2, 0.25) is 0 Å². The van der Waals surface area contributed by atoms with Gasteiger partial charge in [0.05, 0.1) is 0 Å². The highest BCUT2D eigenvalue weighted by Crippen LogP contribution is 2.33. The molecule has 2 nitrogen and oxygen atoms in total. The molecule has 3 heteroatoms. The Balaban J connectivity index is 2.56. The van der Waals surface area contributed by atoms with Gasteiger partial charge in [0.25, 0.3) is 0 Å². The van der Waals surface area contributed by atoms with E-state index < -0.39 is 0 Å². The highest BCUT2D eigenvalue weighted by molar-refractivity contribution is 7.80. The molecule has 0 aromatic carbocycles. The molecular formula is C13H26N2S. The minimum atomic E-state index is 0.234. The minimum absolute atomic E-state index is 0.234. The summed E-state index contributed by atoms with van der Waals surface area (Å²) in [5, 5.41) is 0.598. The second kappa shape index (κ2) is 6.43. The molecule has 1 rings (SSSR count). The van der Waals surface area contributed by atoms with Crippen LogP contribution in [0.15, 0.2) is 0 Å². The Morgan fingerprint density at radius 3 is 2.38 bits per heavy atom. The summed E-state index contributed by atoms with van der Waals surface area (Å²) < 4.78 is 0. The van der Waals surface area contributed by atoms with Gasteiger partial charge >= 0.3 is 0 Å². The average Bonchev–Trinajstić information content (AvgIpc) is 2.24. The van der Waals surface area contributed by atoms with Crippen LogP contribution in [0.1, 0.15) is 65.2 Å². The van der Waals surface area contributed by atoms with E-state index in [1.165, 1.54) is 51.4 Å². The van der Waals surface area contributed by atoms with Crippen LogP contribution in [-0.2, 0) is 0 Å². The third-order valence-corrected chi connectivity index (χ3v) is 4.05. The maximum atomic E-state index is 5.89. The maximum absolute atomic E-state index is 5.89. The van der Waals surface area contributed by atoms with Crippen molar-refractivity contribution < 1.29 is 0 Å². The van der Waals surface area contributed by atoms with Gasteiger partial charge in [-0.05, 0) is 38.4 Å². The summed E-state index contributed by atoms with van der Waals surface area (Å²) in [6, 6.07) is 0. The lowest BCUT2D eigenvalue weighted by Crippen LogP contribution is -2.53. The quantitative estimate of drug-likeness (QED) is 0.591. The number of nitrogens with two attached hydrogens (primary N) is 1. The lowest BCUT2D eigenvalue weighted by molar-refractivity contribution is 0.135. The highest BCUT2D eigenvalue weighted by Gasteiger charge is 2.33. The topological polar surface area (TPSA) is 29.3 Å². The fraction of sp³-hybridized carbons (Fsp3) is 0.923. The van der Waals surface area contributed by atoms with Gasteiger partial charge in [-0.1, -0.05) is 39.0 Å². The van der Waals surface area contributed by atoms with Crippen LogP contribution in [0.3, 0.4) is 0 Å². The zero-order valence-corrected chi connectivity index (χ0v) is 11.6. The van der Waals surface area contributed by atoms with Crippen LogP contribution >= 0.6 is 12.2 Å². The van der Waals surface area contributed by atoms with Crippen molar-refractivity contribution in [3.63, 3.8) is 0 Å². The van der Waals surface area contributed by atoms with Crippen molar-refractivity contribution in [2.75, 3.05) is 6.54 Å². The van der Waals surface area contributed by atoms with Crippen molar-refractivity contribution >= 4 is 17.3 Å². The van der Waals surface area contributed by atoms with Crippen molar-refractivity contribution in [3.8, 4) is 0 Å². The second-order valence-corrected chi connectivity index (χ2v) is 5.67. The normalized spacial score (nSPS) is 19.4. The first-order valence-corrected chi connectivity index (χ1v) is 7.08. The van der Waals surface area contributed by atoms with Crippen molar-refractivity contribution in [2.24, 2.45) is 5.73 Å². The molecule has 1 saturated carbocycles. The summed E-state index contributed by atoms with van der Waals surface area (Å²) in [5.41, 5.74) is 6.13. The predicted molar refractivity (Wildman–Crippen MR) is 74.5 cm³/mol. The van der Waals surface area contributed by atoms with E-state index in [-0.39, 0.29) is 5.54 Å². The Hall–Kier alpha value is -0.310. The van der Waals surface area contributed by atoms with Gasteiger partial charge in [0.2, 0.25) is 0 Å². The third kappa shape index (κ3) is 3.62. The molecule has 0 aliphatic heterocycles. The van der Waals surface area contributed by atoms with E-state index >= 15 is 0 Å². The maximum Gasteiger partial charge on any atom is 0.166 e. The summed E-state index contributed by atoms with van der Waals surface area (Å²) in [4.78, 5) is 2.29. The molecule has 0 atom stereocenters. The van der Waals surface area contributed by atoms with Crippen molar-refractivity contribution in [3.05, 3.63) is 0 Å². The van der Waals surface area contributed by atoms with E-state index in [0.717, 1.165) is 6.54 Å². The second-order valence-electron chi connectivity index (χ2n) is 5.25. The molecule has 0 aromatic heterocycles. The molecule has 16 heavy (non-hydrogen) atoms. The van der Waals surface area contributed by atoms with E-state index in [0.29, 0.717) is 5.11 Å². The largest absolute Gasteiger partial charge is 0.376 e. The number of unbranched alkanes of at least 4 members (excludes halogenated alkanes) is 2. The molecule has 0 radical (unpaired) electrons. The first-order valence-electron chi connectivity index (χ1n) is 6.67. The number of hydrogen-bond donors (Lipinski definition) is 1. The molecule has 1 aliphatic rings. The molecule has 0 bridgehead atoms. The molecule has 2 N–H and O–H groups in total. The summed E-state index contributed by atoms with van der Waals surface area (Å²) >= 11 is 5.22. The fourth-order valence-electron chi connectivity index (χ4n) is 2.75. The Morgan fingerprint density at radius 1 is 1.25 bits per heavy atom. The molecule has 0 saturated heterocycles. The summed E-state index contributed by atoms with van der Waals surface area (Å²) in [5.74, 6) is 0. The molecule has 1 fully saturated rings. The third-order valence-electron chi connectivity index (χ3n) is 3.83. The summed E-state index contributed by atoms with van der Waals surface area (Å²) in [7, 11) is 0. The Morgan fingerprint density at radius 2 is 1.88 bits per heavy atom. The smallest absolute Gasteiger partial charge is 0.166 e. The van der Waals surface area contributed by atoms with E-state index in [1.54, 1.807) is 0 Å². The highest BCUT2D eigenvalue weighted by atomic mass is 32.1. The minimum Gasteiger partial charge on any atom is -0.376 e. The predicted octanol–water partition coefficient (Wildman–Crippen LogP) is 3.45. The van der Waals surface area contributed by atoms with Gasteiger partial charge in [-0.25, -0.2) is 0 Å². The first kappa shape index (κ1) is 13.8. The van der Waals surface area contributed by atoms with Crippen LogP contribution < -0.4 is 5.73 Å². The van der Waals surface area contributed by atoms with Crippen molar-refractivity contribution in [2.45, 2.75) is 70.8 Å². The van der Waals surface area contributed by atoms with Crippen LogP contribution in [0, 0.1) is 0 Å². The van der Waals surface area contributed by atoms with E-state index in [4.69, 9.17) is 18.0 Å². The molecule has 94 valence electrons. The summed E-state index contributed by atoms with van der Waals surface area (Å²) in [6.45, 7) is 5.60. The zero-order valence-electron chi connectivity index (χ0n) is 10.8. The Kier molecular flexibility index (Phi) is 5.53. The lowest BCUT2D eigenvalue weighted by Gasteiger charge is -2.44. The van der Waals surface area contributed by atoms with Gasteiger partial charge in [0.15, 0.2) is 5.11 Å². The molecular weight excluding hydrogens is 216 g/mol. The van der Waals surface area contributed by atoms with Crippen molar-refractivity contribution in [1.82, 2.24) is 4.90 Å². The molecule has 0 aromatic rings. The lowest BCUT2D eigenvalue weighted by atomic mass is 9.82. The molecule has 0 unspecified atom stereocenters. The van der Waals surface area contributed by atoms with Gasteiger partial charge in [0, 0.05) is 12.1 Å². The van der Waals surface area contributed by atoms with Gasteiger partial charge in [-0.2, -0.15) is 0 Å². The van der Waals surface area contributed by atoms with Gasteiger partial charge < -0.3 is 10.6 Å². The fourth-order valence-corrected chi connectivity index (χ4v) is 3.06. The van der Waals surface area contributed by atoms with Crippen LogP contribution in [0.25, 0.3) is 0 Å². The van der Waals surface area contributed by atoms with Crippen LogP contribution in [0.4, 0.5) is 0 Å². The summed E-state index contributed by atoms with van der Waals surface area (Å²) in [6.07, 6.45) is 10.2. The Labute approximate surface area is 106 Å². The number of hydrogen-bond acceptors (Lipinski definition) is 1. The van der Waals surface area contributed by atoms with Gasteiger partial charge in [0.1, 0.15) is 0 Å². The zero-order chi connectivity index (χ0) is 12.0. The van der Waals surface area contributed by atoms with E-state index in [2.05, 4.69) is 18.7 Å². The van der Waals surface area contributed by atoms with E-state index in [9.17, 15) is 0 Å². The monoisotopic (exact) mass is 242 g/mol. The van der Waals surface area contributed by atoms with E-state index in [1.807, 2.05) is 0 Å². The first-order chi connectivity index (χ1) is 7.60. The SMILES string of the molecule is CCCCCN(C(N)=S)C1(C)CCCCC1. The number of nitrogens with zero attached hydrogens (tertiary/aromatic N) is 1. The van der Waals surface area contributed by atoms with Crippen molar-refractivity contribution in [1.29, 1.82) is 0 Å². The molecule has 0 heterocycles. The molecule has 1 aliphatic carbocycles. The average molecular weight is 242 g/mol. The molecule has 0 spiro atoms. The van der Waals surface area contributed by atoms with Gasteiger partial charge in [-0.15, -0.1) is 0 Å². The Bertz CT molecular complexity index is 222. The van der Waals surface area contributed by atoms with Crippen LogP contribution in [0.5, 0.6) is 0 Å². The van der Waals surface area contributed by atoms with Crippen LogP contribution in [-0.4, -0.2) is 22.1 Å². The van der Waals surface area contributed by atoms with Gasteiger partial charge in [-0.3, -0.25) is 0 Å². The number of rotatable bonds is 5.